The lowest BCUT2D eigenvalue weighted by molar-refractivity contribution is -0.161. The van der Waals surface area contributed by atoms with Crippen molar-refractivity contribution in [1.82, 2.24) is 9.88 Å². The summed E-state index contributed by atoms with van der Waals surface area (Å²) in [5, 5.41) is 2.63. The Labute approximate surface area is 223 Å². The van der Waals surface area contributed by atoms with Crippen LogP contribution in [0.5, 0.6) is 0 Å². The SMILES string of the molecule is CC(C)(C)OC(=O)C(=O)Nc1sc2c(c1C(=O)OC(C)(C)C)CC(CN1C(=O)c3cccnc3C1=O)OC2. The van der Waals surface area contributed by atoms with Gasteiger partial charge in [-0.05, 0) is 59.2 Å². The summed E-state index contributed by atoms with van der Waals surface area (Å²) < 4.78 is 16.6. The Balaban J connectivity index is 1.59. The molecule has 4 rings (SSSR count). The van der Waals surface area contributed by atoms with Crippen molar-refractivity contribution >= 4 is 46.0 Å². The quantitative estimate of drug-likeness (QED) is 0.350. The predicted octanol–water partition coefficient (Wildman–Crippen LogP) is 3.12. The molecule has 1 atom stereocenters. The molecule has 202 valence electrons. The van der Waals surface area contributed by atoms with Crippen LogP contribution in [0.3, 0.4) is 0 Å². The number of hydrogen-bond acceptors (Lipinski definition) is 10. The van der Waals surface area contributed by atoms with Crippen LogP contribution in [0, 0.1) is 0 Å². The fraction of sp³-hybridized carbons (Fsp3) is 0.462. The van der Waals surface area contributed by atoms with E-state index in [1.165, 1.54) is 6.20 Å². The number of fused-ring (bicyclic) bond motifs is 2. The first-order valence-corrected chi connectivity index (χ1v) is 12.8. The summed E-state index contributed by atoms with van der Waals surface area (Å²) in [6.45, 7) is 10.1. The fourth-order valence-corrected chi connectivity index (χ4v) is 5.17. The molecule has 2 aliphatic rings. The Morgan fingerprint density at radius 1 is 1.11 bits per heavy atom. The molecule has 0 spiro atoms. The van der Waals surface area contributed by atoms with Crippen LogP contribution in [0.15, 0.2) is 18.3 Å². The zero-order valence-corrected chi connectivity index (χ0v) is 22.8. The molecule has 0 saturated carbocycles. The van der Waals surface area contributed by atoms with Crippen molar-refractivity contribution in [2.75, 3.05) is 11.9 Å². The fourth-order valence-electron chi connectivity index (χ4n) is 4.04. The van der Waals surface area contributed by atoms with E-state index in [-0.39, 0.29) is 41.4 Å². The monoisotopic (exact) mass is 543 g/mol. The molecule has 3 amide bonds. The number of imide groups is 1. The first-order valence-electron chi connectivity index (χ1n) is 12.0. The van der Waals surface area contributed by atoms with Crippen LogP contribution in [0.25, 0.3) is 0 Å². The molecule has 0 aromatic carbocycles. The van der Waals surface area contributed by atoms with Gasteiger partial charge in [-0.1, -0.05) is 0 Å². The van der Waals surface area contributed by atoms with Gasteiger partial charge < -0.3 is 19.5 Å². The van der Waals surface area contributed by atoms with E-state index in [9.17, 15) is 24.0 Å². The van der Waals surface area contributed by atoms with Gasteiger partial charge >= 0.3 is 17.8 Å². The van der Waals surface area contributed by atoms with Gasteiger partial charge in [0, 0.05) is 17.5 Å². The second kappa shape index (κ2) is 9.91. The minimum absolute atomic E-state index is 0.0450. The summed E-state index contributed by atoms with van der Waals surface area (Å²) in [4.78, 5) is 69.4. The van der Waals surface area contributed by atoms with Gasteiger partial charge in [-0.15, -0.1) is 11.3 Å². The number of esters is 2. The van der Waals surface area contributed by atoms with E-state index in [0.29, 0.717) is 10.4 Å². The third-order valence-corrected chi connectivity index (χ3v) is 6.63. The van der Waals surface area contributed by atoms with Crippen molar-refractivity contribution < 1.29 is 38.2 Å². The minimum Gasteiger partial charge on any atom is -0.456 e. The van der Waals surface area contributed by atoms with E-state index in [0.717, 1.165) is 16.2 Å². The molecule has 0 radical (unpaired) electrons. The van der Waals surface area contributed by atoms with E-state index in [1.54, 1.807) is 53.7 Å². The Morgan fingerprint density at radius 2 is 1.79 bits per heavy atom. The maximum absolute atomic E-state index is 13.2. The van der Waals surface area contributed by atoms with Gasteiger partial charge in [0.1, 0.15) is 21.9 Å². The van der Waals surface area contributed by atoms with Crippen LogP contribution in [0.4, 0.5) is 5.00 Å². The molecule has 2 aromatic rings. The molecule has 1 N–H and O–H groups in total. The molecular formula is C26H29N3O8S. The number of ether oxygens (including phenoxy) is 3. The smallest absolute Gasteiger partial charge is 0.397 e. The lowest BCUT2D eigenvalue weighted by atomic mass is 10.00. The number of aromatic nitrogens is 1. The molecule has 2 aliphatic heterocycles. The molecule has 11 nitrogen and oxygen atoms in total. The molecular weight excluding hydrogens is 514 g/mol. The van der Waals surface area contributed by atoms with E-state index in [1.807, 2.05) is 0 Å². The molecule has 4 heterocycles. The topological polar surface area (TPSA) is 141 Å². The van der Waals surface area contributed by atoms with Gasteiger partial charge in [0.25, 0.3) is 11.8 Å². The first-order chi connectivity index (χ1) is 17.6. The molecule has 2 aromatic heterocycles. The van der Waals surface area contributed by atoms with Gasteiger partial charge in [0.05, 0.1) is 30.4 Å². The summed E-state index contributed by atoms with van der Waals surface area (Å²) in [5.41, 5.74) is -0.713. The lowest BCUT2D eigenvalue weighted by Crippen LogP contribution is -2.40. The number of nitrogens with one attached hydrogen (secondary N) is 1. The van der Waals surface area contributed by atoms with Gasteiger partial charge in [-0.3, -0.25) is 24.3 Å². The van der Waals surface area contributed by atoms with Crippen LogP contribution in [-0.4, -0.2) is 63.4 Å². The molecule has 0 bridgehead atoms. The van der Waals surface area contributed by atoms with Crippen LogP contribution in [0.1, 0.15) is 83.2 Å². The highest BCUT2D eigenvalue weighted by molar-refractivity contribution is 7.17. The number of nitrogens with zero attached hydrogens (tertiary/aromatic N) is 2. The Kier molecular flexibility index (Phi) is 7.15. The van der Waals surface area contributed by atoms with Crippen LogP contribution in [-0.2, 0) is 36.8 Å². The largest absolute Gasteiger partial charge is 0.456 e. The van der Waals surface area contributed by atoms with Gasteiger partial charge in [0.15, 0.2) is 0 Å². The van der Waals surface area contributed by atoms with Crippen molar-refractivity contribution in [2.45, 2.75) is 71.9 Å². The number of carbonyl (C=O) groups is 5. The number of carbonyl (C=O) groups excluding carboxylic acids is 5. The third kappa shape index (κ3) is 5.76. The number of thiophene rings is 1. The molecule has 38 heavy (non-hydrogen) atoms. The number of anilines is 1. The van der Waals surface area contributed by atoms with E-state index < -0.39 is 47.0 Å². The number of rotatable bonds is 4. The highest BCUT2D eigenvalue weighted by Gasteiger charge is 2.40. The van der Waals surface area contributed by atoms with Crippen LogP contribution in [0.2, 0.25) is 0 Å². The average molecular weight is 544 g/mol. The van der Waals surface area contributed by atoms with Crippen molar-refractivity contribution in [3.63, 3.8) is 0 Å². The standard InChI is InChI=1S/C26H29N3O8S/c1-25(2,3)36-23(33)17-15-10-13(11-29-21(31)14-8-7-9-27-18(14)22(29)32)35-12-16(15)38-20(17)28-19(30)24(34)37-26(4,5)6/h7-9,13H,10-12H2,1-6H3,(H,28,30). The molecule has 0 aliphatic carbocycles. The molecule has 0 fully saturated rings. The summed E-state index contributed by atoms with van der Waals surface area (Å²) in [7, 11) is 0. The summed E-state index contributed by atoms with van der Waals surface area (Å²) in [5.74, 6) is -3.77. The van der Waals surface area contributed by atoms with E-state index in [4.69, 9.17) is 14.2 Å². The van der Waals surface area contributed by atoms with E-state index >= 15 is 0 Å². The normalized spacial score (nSPS) is 17.1. The third-order valence-electron chi connectivity index (χ3n) is 5.50. The maximum Gasteiger partial charge on any atom is 0.397 e. The maximum atomic E-state index is 13.2. The number of hydrogen-bond donors (Lipinski definition) is 1. The Morgan fingerprint density at radius 3 is 2.42 bits per heavy atom. The Hall–Kier alpha value is -3.64. The summed E-state index contributed by atoms with van der Waals surface area (Å²) >= 11 is 1.09. The average Bonchev–Trinajstić information content (AvgIpc) is 3.27. The molecule has 1 unspecified atom stereocenters. The summed E-state index contributed by atoms with van der Waals surface area (Å²) in [6.07, 6.45) is 1.00. The number of pyridine rings is 1. The summed E-state index contributed by atoms with van der Waals surface area (Å²) in [6, 6.07) is 3.13. The number of amides is 3. The van der Waals surface area contributed by atoms with Crippen molar-refractivity contribution in [2.24, 2.45) is 0 Å². The van der Waals surface area contributed by atoms with Crippen LogP contribution < -0.4 is 5.32 Å². The highest BCUT2D eigenvalue weighted by Crippen LogP contribution is 2.39. The van der Waals surface area contributed by atoms with E-state index in [2.05, 4.69) is 10.3 Å². The van der Waals surface area contributed by atoms with Crippen molar-refractivity contribution in [3.05, 3.63) is 45.6 Å². The van der Waals surface area contributed by atoms with Gasteiger partial charge in [0.2, 0.25) is 0 Å². The van der Waals surface area contributed by atoms with Crippen molar-refractivity contribution in [1.29, 1.82) is 0 Å². The zero-order valence-electron chi connectivity index (χ0n) is 22.0. The first kappa shape index (κ1) is 27.4. The van der Waals surface area contributed by atoms with Crippen LogP contribution >= 0.6 is 11.3 Å². The second-order valence-corrected chi connectivity index (χ2v) is 12.0. The zero-order chi connectivity index (χ0) is 28.0. The van der Waals surface area contributed by atoms with Gasteiger partial charge in [-0.2, -0.15) is 0 Å². The predicted molar refractivity (Wildman–Crippen MR) is 136 cm³/mol. The Bertz CT molecular complexity index is 1300. The molecule has 12 heteroatoms. The second-order valence-electron chi connectivity index (χ2n) is 10.9. The lowest BCUT2D eigenvalue weighted by Gasteiger charge is -2.27. The molecule has 0 saturated heterocycles. The highest BCUT2D eigenvalue weighted by atomic mass is 32.1. The minimum atomic E-state index is -1.09. The van der Waals surface area contributed by atoms with Gasteiger partial charge in [-0.25, -0.2) is 9.59 Å². The van der Waals surface area contributed by atoms with Crippen molar-refractivity contribution in [3.8, 4) is 0 Å².